The summed E-state index contributed by atoms with van der Waals surface area (Å²) in [6, 6.07) is 0. The van der Waals surface area contributed by atoms with Crippen LogP contribution in [0.15, 0.2) is 24.3 Å². The Bertz CT molecular complexity index is 123. The molecule has 52 valence electrons. The van der Waals surface area contributed by atoms with Crippen molar-refractivity contribution in [2.24, 2.45) is 0 Å². The van der Waals surface area contributed by atoms with Crippen LogP contribution in [-0.4, -0.2) is 11.2 Å². The van der Waals surface area contributed by atoms with Gasteiger partial charge in [0.1, 0.15) is 0 Å². The van der Waals surface area contributed by atoms with Gasteiger partial charge in [0.05, 0.1) is 6.10 Å². The molecule has 0 aromatic carbocycles. The van der Waals surface area contributed by atoms with Gasteiger partial charge in [0.25, 0.3) is 0 Å². The molecular weight excluding hydrogens is 112 g/mol. The van der Waals surface area contributed by atoms with Gasteiger partial charge in [-0.2, -0.15) is 0 Å². The van der Waals surface area contributed by atoms with Crippen molar-refractivity contribution in [1.82, 2.24) is 0 Å². The summed E-state index contributed by atoms with van der Waals surface area (Å²) in [5.41, 5.74) is 1.68. The first kappa shape index (κ1) is 8.44. The van der Waals surface area contributed by atoms with E-state index < -0.39 is 6.10 Å². The summed E-state index contributed by atoms with van der Waals surface area (Å²) < 4.78 is 0. The van der Waals surface area contributed by atoms with Crippen LogP contribution in [0.3, 0.4) is 0 Å². The van der Waals surface area contributed by atoms with Crippen LogP contribution < -0.4 is 0 Å². The van der Waals surface area contributed by atoms with Crippen molar-refractivity contribution < 1.29 is 5.11 Å². The highest BCUT2D eigenvalue weighted by Gasteiger charge is 2.02. The molecule has 0 amide bonds. The Morgan fingerprint density at radius 1 is 1.56 bits per heavy atom. The average molecular weight is 126 g/mol. The Morgan fingerprint density at radius 2 is 2.00 bits per heavy atom. The van der Waals surface area contributed by atoms with Gasteiger partial charge in [0.2, 0.25) is 0 Å². The van der Waals surface area contributed by atoms with Crippen LogP contribution in [0.4, 0.5) is 0 Å². The molecule has 0 bridgehead atoms. The third-order valence-electron chi connectivity index (χ3n) is 1.39. The molecule has 1 nitrogen and oxygen atoms in total. The van der Waals surface area contributed by atoms with E-state index >= 15 is 0 Å². The highest BCUT2D eigenvalue weighted by atomic mass is 16.3. The molecule has 0 rings (SSSR count). The fourth-order valence-corrected chi connectivity index (χ4v) is 0.522. The van der Waals surface area contributed by atoms with E-state index in [2.05, 4.69) is 13.2 Å². The molecule has 0 aliphatic heterocycles. The predicted molar refractivity (Wildman–Crippen MR) is 40.3 cm³/mol. The van der Waals surface area contributed by atoms with Crippen molar-refractivity contribution in [2.45, 2.75) is 26.4 Å². The van der Waals surface area contributed by atoms with Crippen LogP contribution in [-0.2, 0) is 0 Å². The van der Waals surface area contributed by atoms with Crippen LogP contribution >= 0.6 is 0 Å². The van der Waals surface area contributed by atoms with Gasteiger partial charge in [0.15, 0.2) is 0 Å². The van der Waals surface area contributed by atoms with Crippen molar-refractivity contribution in [3.05, 3.63) is 24.3 Å². The van der Waals surface area contributed by atoms with Crippen LogP contribution in [0.1, 0.15) is 20.3 Å². The predicted octanol–water partition coefficient (Wildman–Crippen LogP) is 1.89. The minimum atomic E-state index is -0.447. The summed E-state index contributed by atoms with van der Waals surface area (Å²) in [4.78, 5) is 0. The van der Waals surface area contributed by atoms with Crippen molar-refractivity contribution in [3.63, 3.8) is 0 Å². The third-order valence-corrected chi connectivity index (χ3v) is 1.39. The van der Waals surface area contributed by atoms with Gasteiger partial charge in [-0.1, -0.05) is 25.7 Å². The SMILES string of the molecule is C=C(CC)C(=C)C(C)O. The second-order valence-corrected chi connectivity index (χ2v) is 2.16. The van der Waals surface area contributed by atoms with Gasteiger partial charge in [0, 0.05) is 0 Å². The fourth-order valence-electron chi connectivity index (χ4n) is 0.522. The van der Waals surface area contributed by atoms with Gasteiger partial charge in [-0.25, -0.2) is 0 Å². The van der Waals surface area contributed by atoms with Gasteiger partial charge in [-0.3, -0.25) is 0 Å². The van der Waals surface area contributed by atoms with Gasteiger partial charge in [-0.15, -0.1) is 0 Å². The molecule has 0 aliphatic carbocycles. The normalized spacial score (nSPS) is 12.8. The van der Waals surface area contributed by atoms with Crippen LogP contribution in [0.25, 0.3) is 0 Å². The molecule has 0 saturated carbocycles. The molecule has 9 heavy (non-hydrogen) atoms. The highest BCUT2D eigenvalue weighted by Crippen LogP contribution is 2.12. The summed E-state index contributed by atoms with van der Waals surface area (Å²) in [7, 11) is 0. The largest absolute Gasteiger partial charge is 0.389 e. The molecule has 1 heteroatoms. The second kappa shape index (κ2) is 3.46. The van der Waals surface area contributed by atoms with E-state index in [4.69, 9.17) is 5.11 Å². The molecule has 0 fully saturated rings. The minimum Gasteiger partial charge on any atom is -0.389 e. The van der Waals surface area contributed by atoms with E-state index in [9.17, 15) is 0 Å². The number of rotatable bonds is 3. The Kier molecular flexibility index (Phi) is 3.25. The van der Waals surface area contributed by atoms with Crippen LogP contribution in [0.2, 0.25) is 0 Å². The van der Waals surface area contributed by atoms with E-state index in [1.165, 1.54) is 0 Å². The molecule has 0 saturated heterocycles. The summed E-state index contributed by atoms with van der Waals surface area (Å²) in [5, 5.41) is 8.96. The maximum Gasteiger partial charge on any atom is 0.0758 e. The number of hydrogen-bond acceptors (Lipinski definition) is 1. The molecular formula is C8H14O. The molecule has 1 N–H and O–H groups in total. The second-order valence-electron chi connectivity index (χ2n) is 2.16. The first-order valence-corrected chi connectivity index (χ1v) is 3.14. The lowest BCUT2D eigenvalue weighted by Gasteiger charge is -2.08. The summed E-state index contributed by atoms with van der Waals surface area (Å²) in [6.07, 6.45) is 0.418. The summed E-state index contributed by atoms with van der Waals surface area (Å²) in [6.45, 7) is 11.1. The lowest BCUT2D eigenvalue weighted by atomic mass is 10.0. The fraction of sp³-hybridized carbons (Fsp3) is 0.500. The molecule has 0 aliphatic rings. The first-order valence-electron chi connectivity index (χ1n) is 3.14. The molecule has 0 spiro atoms. The van der Waals surface area contributed by atoms with Crippen LogP contribution in [0.5, 0.6) is 0 Å². The van der Waals surface area contributed by atoms with Crippen molar-refractivity contribution in [3.8, 4) is 0 Å². The Morgan fingerprint density at radius 3 is 2.11 bits per heavy atom. The van der Waals surface area contributed by atoms with Gasteiger partial charge in [-0.05, 0) is 18.9 Å². The number of aliphatic hydroxyl groups excluding tert-OH is 1. The summed E-state index contributed by atoms with van der Waals surface area (Å²) in [5.74, 6) is 0. The Labute approximate surface area is 56.7 Å². The quantitative estimate of drug-likeness (QED) is 0.572. The van der Waals surface area contributed by atoms with Crippen molar-refractivity contribution in [2.75, 3.05) is 0 Å². The molecule has 0 aromatic rings. The highest BCUT2D eigenvalue weighted by molar-refractivity contribution is 5.27. The maximum absolute atomic E-state index is 8.96. The van der Waals surface area contributed by atoms with E-state index in [-0.39, 0.29) is 0 Å². The monoisotopic (exact) mass is 126 g/mol. The molecule has 1 atom stereocenters. The molecule has 0 radical (unpaired) electrons. The van der Waals surface area contributed by atoms with Crippen LogP contribution in [0, 0.1) is 0 Å². The topological polar surface area (TPSA) is 20.2 Å². The van der Waals surface area contributed by atoms with E-state index in [1.54, 1.807) is 6.92 Å². The molecule has 0 heterocycles. The van der Waals surface area contributed by atoms with Crippen molar-refractivity contribution >= 4 is 0 Å². The third kappa shape index (κ3) is 2.47. The van der Waals surface area contributed by atoms with Crippen molar-refractivity contribution in [1.29, 1.82) is 0 Å². The number of hydrogen-bond donors (Lipinski definition) is 1. The molecule has 1 unspecified atom stereocenters. The lowest BCUT2D eigenvalue weighted by molar-refractivity contribution is 0.234. The lowest BCUT2D eigenvalue weighted by Crippen LogP contribution is -2.04. The number of aliphatic hydroxyl groups is 1. The first-order chi connectivity index (χ1) is 4.09. The Hall–Kier alpha value is -0.560. The van der Waals surface area contributed by atoms with E-state index in [0.29, 0.717) is 0 Å². The zero-order valence-electron chi connectivity index (χ0n) is 6.15. The standard InChI is InChI=1S/C8H14O/c1-5-6(2)7(3)8(4)9/h8-9H,2-3,5H2,1,4H3. The van der Waals surface area contributed by atoms with E-state index in [0.717, 1.165) is 17.6 Å². The molecule has 0 aromatic heterocycles. The average Bonchev–Trinajstić information content (AvgIpc) is 1.84. The summed E-state index contributed by atoms with van der Waals surface area (Å²) >= 11 is 0. The van der Waals surface area contributed by atoms with Gasteiger partial charge >= 0.3 is 0 Å². The van der Waals surface area contributed by atoms with Gasteiger partial charge < -0.3 is 5.11 Å². The zero-order chi connectivity index (χ0) is 7.44. The maximum atomic E-state index is 8.96. The minimum absolute atomic E-state index is 0.447. The zero-order valence-corrected chi connectivity index (χ0v) is 6.15. The Balaban J connectivity index is 3.89. The van der Waals surface area contributed by atoms with E-state index in [1.807, 2.05) is 6.92 Å². The smallest absolute Gasteiger partial charge is 0.0758 e.